The van der Waals surface area contributed by atoms with Gasteiger partial charge in [0.15, 0.2) is 0 Å². The Morgan fingerprint density at radius 3 is 1.74 bits per heavy atom. The maximum atomic E-state index is 13.1. The van der Waals surface area contributed by atoms with Crippen molar-refractivity contribution in [2.45, 2.75) is 16.9 Å². The molecule has 0 amide bonds. The third-order valence-electron chi connectivity index (χ3n) is 2.03. The van der Waals surface area contributed by atoms with E-state index in [-0.39, 0.29) is 10.2 Å². The molecule has 0 aliphatic heterocycles. The monoisotopic (exact) mass is 356 g/mol. The van der Waals surface area contributed by atoms with E-state index in [1.165, 1.54) is 19.2 Å². The van der Waals surface area contributed by atoms with Gasteiger partial charge in [0, 0.05) is 0 Å². The Bertz CT molecular complexity index is 426. The third kappa shape index (κ3) is 3.33. The summed E-state index contributed by atoms with van der Waals surface area (Å²) < 4.78 is 91.6. The molecule has 1 nitrogen and oxygen atoms in total. The van der Waals surface area contributed by atoms with Crippen LogP contribution in [-0.2, 0) is 0 Å². The fourth-order valence-corrected chi connectivity index (χ4v) is 2.72. The van der Waals surface area contributed by atoms with Crippen LogP contribution in [0, 0.1) is 0 Å². The van der Waals surface area contributed by atoms with Gasteiger partial charge in [0.25, 0.3) is 0 Å². The van der Waals surface area contributed by atoms with Gasteiger partial charge in [-0.2, -0.15) is 0 Å². The Morgan fingerprint density at radius 2 is 1.37 bits per heavy atom. The Labute approximate surface area is 109 Å². The van der Waals surface area contributed by atoms with E-state index in [0.29, 0.717) is 0 Å². The quantitative estimate of drug-likeness (QED) is 0.596. The first-order valence-electron chi connectivity index (χ1n) is 4.66. The van der Waals surface area contributed by atoms with Gasteiger partial charge in [-0.05, 0) is 0 Å². The van der Waals surface area contributed by atoms with Gasteiger partial charge in [0.05, 0.1) is 0 Å². The Kier molecular flexibility index (Phi) is 4.41. The summed E-state index contributed by atoms with van der Waals surface area (Å²) in [5.41, 5.74) is 0. The predicted molar refractivity (Wildman–Crippen MR) is 54.3 cm³/mol. The van der Waals surface area contributed by atoms with Crippen LogP contribution >= 0.6 is 0 Å². The number of alkyl halides is 7. The van der Waals surface area contributed by atoms with Gasteiger partial charge < -0.3 is 0 Å². The standard InChI is InChI=1S/C10H7F7OSe/c1-18-6-2-4-7(5-3-6)19-10(16,17)8(11,12)9(13,14)15/h2-5H,1H3. The molecule has 0 unspecified atom stereocenters. The van der Waals surface area contributed by atoms with E-state index in [9.17, 15) is 30.7 Å². The van der Waals surface area contributed by atoms with E-state index < -0.39 is 31.9 Å². The van der Waals surface area contributed by atoms with E-state index in [4.69, 9.17) is 4.74 Å². The van der Waals surface area contributed by atoms with Crippen LogP contribution in [0.1, 0.15) is 0 Å². The molecule has 108 valence electrons. The fourth-order valence-electron chi connectivity index (χ4n) is 1.02. The zero-order valence-corrected chi connectivity index (χ0v) is 11.0. The van der Waals surface area contributed by atoms with Crippen LogP contribution in [-0.4, -0.2) is 39.0 Å². The maximum absolute atomic E-state index is 13.1. The summed E-state index contributed by atoms with van der Waals surface area (Å²) in [4.78, 5) is -5.16. The molecular formula is C10H7F7OSe. The van der Waals surface area contributed by atoms with Crippen molar-refractivity contribution in [2.75, 3.05) is 7.11 Å². The fraction of sp³-hybridized carbons (Fsp3) is 0.400. The summed E-state index contributed by atoms with van der Waals surface area (Å²) >= 11 is -2.36. The molecular weight excluding hydrogens is 348 g/mol. The molecule has 0 fully saturated rings. The molecule has 0 aromatic heterocycles. The van der Waals surface area contributed by atoms with Crippen LogP contribution in [0.5, 0.6) is 5.75 Å². The summed E-state index contributed by atoms with van der Waals surface area (Å²) in [5, 5.41) is 0. The molecule has 0 saturated heterocycles. The normalized spacial score (nSPS) is 13.5. The number of methoxy groups -OCH3 is 1. The summed E-state index contributed by atoms with van der Waals surface area (Å²) in [6, 6.07) is 4.47. The van der Waals surface area contributed by atoms with Crippen molar-refractivity contribution < 1.29 is 35.5 Å². The van der Waals surface area contributed by atoms with E-state index in [1.54, 1.807) is 0 Å². The van der Waals surface area contributed by atoms with Crippen molar-refractivity contribution in [1.82, 2.24) is 0 Å². The van der Waals surface area contributed by atoms with E-state index >= 15 is 0 Å². The summed E-state index contributed by atoms with van der Waals surface area (Å²) in [7, 11) is 1.30. The first kappa shape index (κ1) is 16.1. The Hall–Kier alpha value is -0.951. The topological polar surface area (TPSA) is 9.23 Å². The molecule has 9 heteroatoms. The second-order valence-corrected chi connectivity index (χ2v) is 5.86. The van der Waals surface area contributed by atoms with E-state index in [1.807, 2.05) is 0 Å². The van der Waals surface area contributed by atoms with E-state index in [2.05, 4.69) is 0 Å². The number of ether oxygens (including phenoxy) is 1. The average molecular weight is 355 g/mol. The predicted octanol–water partition coefficient (Wildman–Crippen LogP) is 2.82. The van der Waals surface area contributed by atoms with Crippen LogP contribution in [0.2, 0.25) is 0 Å². The second-order valence-electron chi connectivity index (χ2n) is 3.37. The summed E-state index contributed by atoms with van der Waals surface area (Å²) in [5.74, 6) is -5.77. The molecule has 0 saturated carbocycles. The molecule has 0 heterocycles. The molecule has 0 spiro atoms. The molecule has 0 N–H and O–H groups in total. The van der Waals surface area contributed by atoms with Crippen molar-refractivity contribution in [3.8, 4) is 5.75 Å². The van der Waals surface area contributed by atoms with Gasteiger partial charge in [0.2, 0.25) is 0 Å². The molecule has 0 bridgehead atoms. The minimum absolute atomic E-state index is 0.283. The molecule has 0 radical (unpaired) electrons. The van der Waals surface area contributed by atoms with Gasteiger partial charge in [-0.1, -0.05) is 0 Å². The number of hydrogen-bond acceptors (Lipinski definition) is 1. The molecule has 1 aromatic carbocycles. The number of rotatable bonds is 4. The van der Waals surface area contributed by atoms with Crippen LogP contribution in [0.15, 0.2) is 24.3 Å². The van der Waals surface area contributed by atoms with Gasteiger partial charge in [-0.3, -0.25) is 0 Å². The molecule has 0 atom stereocenters. The zero-order chi connectivity index (χ0) is 14.9. The van der Waals surface area contributed by atoms with Gasteiger partial charge in [0.1, 0.15) is 0 Å². The molecule has 19 heavy (non-hydrogen) atoms. The van der Waals surface area contributed by atoms with Gasteiger partial charge in [-0.15, -0.1) is 0 Å². The molecule has 1 aromatic rings. The SMILES string of the molecule is COc1ccc([Se]C(F)(F)C(F)(F)C(F)(F)F)cc1. The Balaban J connectivity index is 2.95. The van der Waals surface area contributed by atoms with Crippen molar-refractivity contribution in [2.24, 2.45) is 0 Å². The van der Waals surface area contributed by atoms with Crippen molar-refractivity contribution >= 4 is 19.4 Å². The van der Waals surface area contributed by atoms with Crippen LogP contribution in [0.3, 0.4) is 0 Å². The van der Waals surface area contributed by atoms with Crippen LogP contribution in [0.4, 0.5) is 30.7 Å². The van der Waals surface area contributed by atoms with Crippen molar-refractivity contribution in [3.63, 3.8) is 0 Å². The summed E-state index contributed by atoms with van der Waals surface area (Å²) in [6.45, 7) is 0. The summed E-state index contributed by atoms with van der Waals surface area (Å²) in [6.07, 6.45) is -6.29. The second kappa shape index (κ2) is 5.20. The number of benzene rings is 1. The van der Waals surface area contributed by atoms with Crippen molar-refractivity contribution in [1.29, 1.82) is 0 Å². The molecule has 0 aliphatic carbocycles. The average Bonchev–Trinajstić information content (AvgIpc) is 2.28. The molecule has 1 rings (SSSR count). The Morgan fingerprint density at radius 1 is 0.895 bits per heavy atom. The van der Waals surface area contributed by atoms with Crippen LogP contribution in [0.25, 0.3) is 0 Å². The number of halogens is 7. The first-order valence-corrected chi connectivity index (χ1v) is 6.38. The zero-order valence-electron chi connectivity index (χ0n) is 9.27. The third-order valence-corrected chi connectivity index (χ3v) is 4.17. The van der Waals surface area contributed by atoms with Crippen LogP contribution < -0.4 is 9.20 Å². The first-order chi connectivity index (χ1) is 8.51. The van der Waals surface area contributed by atoms with Gasteiger partial charge in [-0.25, -0.2) is 0 Å². The molecule has 0 aliphatic rings. The minimum atomic E-state index is -6.29. The number of hydrogen-bond donors (Lipinski definition) is 0. The van der Waals surface area contributed by atoms with Crippen molar-refractivity contribution in [3.05, 3.63) is 24.3 Å². The van der Waals surface area contributed by atoms with Gasteiger partial charge >= 0.3 is 109 Å². The van der Waals surface area contributed by atoms with E-state index in [0.717, 1.165) is 12.1 Å².